The van der Waals surface area contributed by atoms with Crippen LogP contribution in [0.2, 0.25) is 0 Å². The molecule has 0 aliphatic heterocycles. The van der Waals surface area contributed by atoms with Gasteiger partial charge in [-0.15, -0.1) is 0 Å². The minimum Gasteiger partial charge on any atom is -0.392 e. The number of nitrogens with one attached hydrogen (secondary N) is 2. The molecule has 1 unspecified atom stereocenters. The van der Waals surface area contributed by atoms with Crippen LogP contribution >= 0.6 is 0 Å². The van der Waals surface area contributed by atoms with E-state index >= 15 is 0 Å². The molecule has 0 radical (unpaired) electrons. The van der Waals surface area contributed by atoms with E-state index < -0.39 is 6.10 Å². The number of amides is 1. The van der Waals surface area contributed by atoms with Crippen molar-refractivity contribution in [2.24, 2.45) is 0 Å². The van der Waals surface area contributed by atoms with E-state index in [1.54, 1.807) is 6.92 Å². The molecule has 27 heavy (non-hydrogen) atoms. The van der Waals surface area contributed by atoms with Crippen LogP contribution in [-0.2, 0) is 17.8 Å². The second-order valence-electron chi connectivity index (χ2n) is 6.77. The summed E-state index contributed by atoms with van der Waals surface area (Å²) in [5.41, 5.74) is 4.18. The number of hydrogen-bond donors (Lipinski definition) is 3. The summed E-state index contributed by atoms with van der Waals surface area (Å²) in [5.74, 6) is 0.526. The van der Waals surface area contributed by atoms with Crippen LogP contribution in [0.4, 0.5) is 5.95 Å². The van der Waals surface area contributed by atoms with E-state index in [1.807, 2.05) is 41.0 Å². The first-order valence-electron chi connectivity index (χ1n) is 9.23. The maximum absolute atomic E-state index is 12.5. The van der Waals surface area contributed by atoms with Crippen LogP contribution in [0, 0.1) is 6.92 Å². The van der Waals surface area contributed by atoms with Crippen molar-refractivity contribution in [2.45, 2.75) is 32.9 Å². The summed E-state index contributed by atoms with van der Waals surface area (Å²) >= 11 is 0. The molecule has 3 rings (SSSR count). The van der Waals surface area contributed by atoms with E-state index in [9.17, 15) is 9.90 Å². The van der Waals surface area contributed by atoms with Gasteiger partial charge < -0.3 is 20.3 Å². The summed E-state index contributed by atoms with van der Waals surface area (Å²) < 4.78 is 1.85. The number of carbonyl (C=O) groups is 1. The largest absolute Gasteiger partial charge is 0.392 e. The van der Waals surface area contributed by atoms with Crippen LogP contribution in [-0.4, -0.2) is 39.8 Å². The molecule has 0 spiro atoms. The fourth-order valence-electron chi connectivity index (χ4n) is 3.04. The number of nitrogens with zero attached hydrogens (tertiary/aromatic N) is 2. The highest BCUT2D eigenvalue weighted by molar-refractivity contribution is 5.83. The molecule has 2 aromatic carbocycles. The molecule has 6 nitrogen and oxygen atoms in total. The van der Waals surface area contributed by atoms with Crippen LogP contribution in [0.5, 0.6) is 0 Å². The maximum atomic E-state index is 12.5. The third kappa shape index (κ3) is 4.86. The van der Waals surface area contributed by atoms with Gasteiger partial charge in [0.05, 0.1) is 17.1 Å². The minimum absolute atomic E-state index is 0.0631. The lowest BCUT2D eigenvalue weighted by molar-refractivity contribution is -0.121. The monoisotopic (exact) mass is 366 g/mol. The number of hydrogen-bond acceptors (Lipinski definition) is 4. The summed E-state index contributed by atoms with van der Waals surface area (Å²) in [5, 5.41) is 15.6. The second kappa shape index (κ2) is 8.68. The van der Waals surface area contributed by atoms with Crippen LogP contribution in [0.3, 0.4) is 0 Å². The zero-order chi connectivity index (χ0) is 19.2. The molecular weight excluding hydrogens is 340 g/mol. The van der Waals surface area contributed by atoms with Crippen molar-refractivity contribution in [3.63, 3.8) is 0 Å². The Morgan fingerprint density at radius 1 is 1.19 bits per heavy atom. The maximum Gasteiger partial charge on any atom is 0.240 e. The van der Waals surface area contributed by atoms with Crippen molar-refractivity contribution in [1.29, 1.82) is 0 Å². The fourth-order valence-corrected chi connectivity index (χ4v) is 3.04. The van der Waals surface area contributed by atoms with Crippen molar-refractivity contribution in [3.05, 3.63) is 59.7 Å². The number of aliphatic hydroxyl groups excluding tert-OH is 1. The van der Waals surface area contributed by atoms with Gasteiger partial charge in [0.2, 0.25) is 11.9 Å². The van der Waals surface area contributed by atoms with E-state index in [1.165, 1.54) is 11.1 Å². The topological polar surface area (TPSA) is 79.2 Å². The number of rotatable bonds is 8. The minimum atomic E-state index is -0.499. The van der Waals surface area contributed by atoms with E-state index in [2.05, 4.69) is 34.7 Å². The van der Waals surface area contributed by atoms with Crippen molar-refractivity contribution < 1.29 is 9.90 Å². The molecule has 1 amide bonds. The standard InChI is InChI=1S/C21H26N4O2/c1-15-7-3-4-8-17(15)11-12-22-20(27)14-25-19-10-6-5-9-18(19)24-21(25)23-13-16(2)26/h3-10,16,26H,11-14H2,1-2H3,(H,22,27)(H,23,24). The summed E-state index contributed by atoms with van der Waals surface area (Å²) in [6.45, 7) is 4.93. The van der Waals surface area contributed by atoms with Gasteiger partial charge in [-0.1, -0.05) is 36.4 Å². The molecule has 142 valence electrons. The van der Waals surface area contributed by atoms with Crippen LogP contribution in [0.25, 0.3) is 11.0 Å². The highest BCUT2D eigenvalue weighted by Gasteiger charge is 2.13. The van der Waals surface area contributed by atoms with Gasteiger partial charge in [-0.25, -0.2) is 4.98 Å². The summed E-state index contributed by atoms with van der Waals surface area (Å²) in [6, 6.07) is 15.9. The second-order valence-corrected chi connectivity index (χ2v) is 6.77. The van der Waals surface area contributed by atoms with Crippen molar-refractivity contribution in [3.8, 4) is 0 Å². The van der Waals surface area contributed by atoms with Gasteiger partial charge in [0.1, 0.15) is 6.54 Å². The number of aryl methyl sites for hydroxylation is 1. The lowest BCUT2D eigenvalue weighted by atomic mass is 10.1. The Morgan fingerprint density at radius 3 is 2.70 bits per heavy atom. The number of anilines is 1. The Balaban J connectivity index is 1.66. The number of para-hydroxylation sites is 2. The normalized spacial score (nSPS) is 12.1. The van der Waals surface area contributed by atoms with Crippen molar-refractivity contribution >= 4 is 22.9 Å². The summed E-state index contributed by atoms with van der Waals surface area (Å²) in [4.78, 5) is 17.0. The molecule has 0 saturated heterocycles. The lowest BCUT2D eigenvalue weighted by Crippen LogP contribution is -2.30. The molecule has 1 heterocycles. The highest BCUT2D eigenvalue weighted by atomic mass is 16.3. The Kier molecular flexibility index (Phi) is 6.08. The molecule has 0 aliphatic carbocycles. The van der Waals surface area contributed by atoms with Gasteiger partial charge in [0.15, 0.2) is 0 Å². The molecule has 3 aromatic rings. The van der Waals surface area contributed by atoms with Gasteiger partial charge in [-0.05, 0) is 43.5 Å². The Bertz CT molecular complexity index is 917. The predicted octanol–water partition coefficient (Wildman–Crippen LogP) is 2.50. The van der Waals surface area contributed by atoms with Crippen molar-refractivity contribution in [2.75, 3.05) is 18.4 Å². The van der Waals surface area contributed by atoms with Crippen LogP contribution in [0.15, 0.2) is 48.5 Å². The fraction of sp³-hybridized carbons (Fsp3) is 0.333. The number of carbonyl (C=O) groups excluding carboxylic acids is 1. The number of benzene rings is 2. The smallest absolute Gasteiger partial charge is 0.240 e. The van der Waals surface area contributed by atoms with Gasteiger partial charge in [0.25, 0.3) is 0 Å². The van der Waals surface area contributed by atoms with Crippen molar-refractivity contribution in [1.82, 2.24) is 14.9 Å². The van der Waals surface area contributed by atoms with E-state index in [0.717, 1.165) is 17.5 Å². The highest BCUT2D eigenvalue weighted by Crippen LogP contribution is 2.19. The Labute approximate surface area is 159 Å². The molecule has 0 aliphatic rings. The third-order valence-corrected chi connectivity index (χ3v) is 4.49. The number of fused-ring (bicyclic) bond motifs is 1. The molecule has 0 bridgehead atoms. The zero-order valence-corrected chi connectivity index (χ0v) is 15.8. The molecular formula is C21H26N4O2. The van der Waals surface area contributed by atoms with Gasteiger partial charge in [-0.3, -0.25) is 4.79 Å². The molecule has 0 fully saturated rings. The number of aliphatic hydroxyl groups is 1. The van der Waals surface area contributed by atoms with E-state index in [-0.39, 0.29) is 12.5 Å². The molecule has 3 N–H and O–H groups in total. The molecule has 6 heteroatoms. The SMILES string of the molecule is Cc1ccccc1CCNC(=O)Cn1c(NCC(C)O)nc2ccccc21. The average Bonchev–Trinajstić information content (AvgIpc) is 2.99. The molecule has 0 saturated carbocycles. The Morgan fingerprint density at radius 2 is 1.93 bits per heavy atom. The molecule has 1 aromatic heterocycles. The summed E-state index contributed by atoms with van der Waals surface area (Å²) in [6.07, 6.45) is 0.303. The van der Waals surface area contributed by atoms with Crippen LogP contribution in [0.1, 0.15) is 18.1 Å². The third-order valence-electron chi connectivity index (χ3n) is 4.49. The van der Waals surface area contributed by atoms with Gasteiger partial charge >= 0.3 is 0 Å². The number of imidazole rings is 1. The van der Waals surface area contributed by atoms with E-state index in [0.29, 0.717) is 19.0 Å². The van der Waals surface area contributed by atoms with Gasteiger partial charge in [0, 0.05) is 13.1 Å². The molecule has 1 atom stereocenters. The van der Waals surface area contributed by atoms with Crippen LogP contribution < -0.4 is 10.6 Å². The number of aromatic nitrogens is 2. The first kappa shape index (κ1) is 18.9. The zero-order valence-electron chi connectivity index (χ0n) is 15.8. The quantitative estimate of drug-likeness (QED) is 0.572. The Hall–Kier alpha value is -2.86. The first-order chi connectivity index (χ1) is 13.0. The lowest BCUT2D eigenvalue weighted by Gasteiger charge is -2.12. The first-order valence-corrected chi connectivity index (χ1v) is 9.23. The summed E-state index contributed by atoms with van der Waals surface area (Å²) in [7, 11) is 0. The van der Waals surface area contributed by atoms with Gasteiger partial charge in [-0.2, -0.15) is 0 Å². The predicted molar refractivity (Wildman–Crippen MR) is 108 cm³/mol. The van der Waals surface area contributed by atoms with E-state index in [4.69, 9.17) is 0 Å². The average molecular weight is 366 g/mol.